The molecule has 2 aromatic rings. The number of fused-ring (bicyclic) bond motifs is 1. The van der Waals surface area contributed by atoms with E-state index < -0.39 is 0 Å². The molecular weight excluding hydrogens is 408 g/mol. The van der Waals surface area contributed by atoms with Crippen molar-refractivity contribution < 1.29 is 9.59 Å². The van der Waals surface area contributed by atoms with Crippen LogP contribution < -0.4 is 10.2 Å². The molecule has 2 amide bonds. The second-order valence-electron chi connectivity index (χ2n) is 8.98. The second-order valence-corrected chi connectivity index (χ2v) is 10.0. The summed E-state index contributed by atoms with van der Waals surface area (Å²) in [6.45, 7) is 9.72. The van der Waals surface area contributed by atoms with Gasteiger partial charge in [0.25, 0.3) is 0 Å². The number of hydrogen-bond acceptors (Lipinski definition) is 5. The molecule has 31 heavy (non-hydrogen) atoms. The number of benzene rings is 1. The molecule has 166 valence electrons. The van der Waals surface area contributed by atoms with Crippen LogP contribution in [0.1, 0.15) is 42.0 Å². The van der Waals surface area contributed by atoms with Gasteiger partial charge in [-0.1, -0.05) is 43.7 Å². The molecule has 2 aliphatic rings. The molecule has 0 radical (unpaired) electrons. The Morgan fingerprint density at radius 2 is 2.00 bits per heavy atom. The number of thiazole rings is 1. The predicted molar refractivity (Wildman–Crippen MR) is 124 cm³/mol. The predicted octanol–water partition coefficient (Wildman–Crippen LogP) is 3.18. The molecule has 0 spiro atoms. The van der Waals surface area contributed by atoms with Gasteiger partial charge in [-0.15, -0.1) is 11.3 Å². The minimum Gasteiger partial charge on any atom is -0.352 e. The van der Waals surface area contributed by atoms with Crippen molar-refractivity contribution in [1.82, 2.24) is 15.2 Å². The van der Waals surface area contributed by atoms with E-state index >= 15 is 0 Å². The van der Waals surface area contributed by atoms with Crippen molar-refractivity contribution >= 4 is 28.3 Å². The molecule has 6 nitrogen and oxygen atoms in total. The van der Waals surface area contributed by atoms with Crippen LogP contribution in [-0.4, -0.2) is 47.9 Å². The van der Waals surface area contributed by atoms with Crippen LogP contribution in [0.2, 0.25) is 0 Å². The fraction of sp³-hybridized carbons (Fsp3) is 0.542. The lowest BCUT2D eigenvalue weighted by Crippen LogP contribution is -2.49. The summed E-state index contributed by atoms with van der Waals surface area (Å²) in [6.07, 6.45) is 2.49. The van der Waals surface area contributed by atoms with Gasteiger partial charge in [-0.3, -0.25) is 9.59 Å². The zero-order chi connectivity index (χ0) is 22.0. The van der Waals surface area contributed by atoms with Crippen LogP contribution in [0.25, 0.3) is 0 Å². The van der Waals surface area contributed by atoms with Crippen molar-refractivity contribution in [3.8, 4) is 0 Å². The number of piperazine rings is 1. The van der Waals surface area contributed by atoms with Gasteiger partial charge in [0.1, 0.15) is 0 Å². The lowest BCUT2D eigenvalue weighted by atomic mass is 9.90. The molecule has 1 aliphatic heterocycles. The molecule has 0 bridgehead atoms. The van der Waals surface area contributed by atoms with Gasteiger partial charge in [0.05, 0.1) is 5.69 Å². The van der Waals surface area contributed by atoms with Crippen LogP contribution >= 0.6 is 11.3 Å². The van der Waals surface area contributed by atoms with Crippen LogP contribution in [0.3, 0.4) is 0 Å². The summed E-state index contributed by atoms with van der Waals surface area (Å²) in [4.78, 5) is 35.4. The van der Waals surface area contributed by atoms with E-state index in [0.29, 0.717) is 6.54 Å². The van der Waals surface area contributed by atoms with Gasteiger partial charge in [-0.2, -0.15) is 0 Å². The van der Waals surface area contributed by atoms with E-state index in [4.69, 9.17) is 4.98 Å². The number of nitrogens with zero attached hydrogens (tertiary/aromatic N) is 3. The zero-order valence-corrected chi connectivity index (χ0v) is 19.5. The van der Waals surface area contributed by atoms with Gasteiger partial charge in [-0.05, 0) is 31.7 Å². The number of rotatable bonds is 5. The summed E-state index contributed by atoms with van der Waals surface area (Å²) in [5.74, 6) is 0.444. The van der Waals surface area contributed by atoms with Crippen molar-refractivity contribution in [2.45, 2.75) is 46.6 Å². The Morgan fingerprint density at radius 1 is 1.23 bits per heavy atom. The van der Waals surface area contributed by atoms with Gasteiger partial charge in [0, 0.05) is 49.4 Å². The molecule has 1 aromatic heterocycles. The van der Waals surface area contributed by atoms with E-state index in [9.17, 15) is 9.59 Å². The molecule has 4 rings (SSSR count). The molecule has 1 aromatic carbocycles. The first-order valence-corrected chi connectivity index (χ1v) is 12.1. The highest BCUT2D eigenvalue weighted by Crippen LogP contribution is 2.34. The number of aryl methyl sites for hydroxylation is 2. The summed E-state index contributed by atoms with van der Waals surface area (Å²) in [5.41, 5.74) is 3.50. The minimum atomic E-state index is 0.0196. The molecule has 2 heterocycles. The third-order valence-electron chi connectivity index (χ3n) is 6.20. The third kappa shape index (κ3) is 5.09. The molecule has 1 saturated heterocycles. The van der Waals surface area contributed by atoms with Crippen molar-refractivity contribution in [3.63, 3.8) is 0 Å². The summed E-state index contributed by atoms with van der Waals surface area (Å²) in [5, 5.41) is 4.16. The van der Waals surface area contributed by atoms with E-state index in [0.717, 1.165) is 61.8 Å². The van der Waals surface area contributed by atoms with E-state index in [2.05, 4.69) is 35.3 Å². The number of carbonyl (C=O) groups excluding carboxylic acids is 2. The molecular formula is C24H32N4O2S. The van der Waals surface area contributed by atoms with Gasteiger partial charge in [-0.25, -0.2) is 4.98 Å². The molecule has 0 saturated carbocycles. The minimum absolute atomic E-state index is 0.0196. The van der Waals surface area contributed by atoms with Crippen LogP contribution in [-0.2, 0) is 29.0 Å². The van der Waals surface area contributed by atoms with Crippen LogP contribution in [0.4, 0.5) is 5.13 Å². The maximum absolute atomic E-state index is 12.8. The molecule has 7 heteroatoms. The lowest BCUT2D eigenvalue weighted by molar-refractivity contribution is -0.134. The fourth-order valence-corrected chi connectivity index (χ4v) is 5.60. The highest BCUT2D eigenvalue weighted by Gasteiger charge is 2.30. The highest BCUT2D eigenvalue weighted by molar-refractivity contribution is 7.15. The largest absolute Gasteiger partial charge is 0.352 e. The Labute approximate surface area is 188 Å². The van der Waals surface area contributed by atoms with Crippen molar-refractivity contribution in [2.75, 3.05) is 31.1 Å². The number of amides is 2. The summed E-state index contributed by atoms with van der Waals surface area (Å²) in [7, 11) is 0. The number of anilines is 1. The first-order valence-electron chi connectivity index (χ1n) is 11.3. The Balaban J connectivity index is 1.32. The van der Waals surface area contributed by atoms with E-state index in [-0.39, 0.29) is 23.7 Å². The number of aromatic nitrogens is 1. The van der Waals surface area contributed by atoms with Crippen molar-refractivity contribution in [3.05, 3.63) is 46.0 Å². The Kier molecular flexibility index (Phi) is 6.60. The van der Waals surface area contributed by atoms with Crippen molar-refractivity contribution in [2.24, 2.45) is 11.8 Å². The second kappa shape index (κ2) is 9.39. The average molecular weight is 441 g/mol. The van der Waals surface area contributed by atoms with E-state index in [1.807, 2.05) is 24.8 Å². The van der Waals surface area contributed by atoms with E-state index in [1.54, 1.807) is 11.3 Å². The molecule has 1 aliphatic carbocycles. The Morgan fingerprint density at radius 3 is 2.71 bits per heavy atom. The lowest BCUT2D eigenvalue weighted by Gasteiger charge is -2.35. The SMILES string of the molecule is Cc1cccc(CNC(=O)[C@H]2CCc3nc(N4CCN(C(=O)C(C)C)CC4)sc3C2)c1. The molecule has 1 atom stereocenters. The number of carbonyl (C=O) groups is 2. The van der Waals surface area contributed by atoms with Gasteiger partial charge < -0.3 is 15.1 Å². The van der Waals surface area contributed by atoms with Gasteiger partial charge >= 0.3 is 0 Å². The Hall–Kier alpha value is -2.41. The van der Waals surface area contributed by atoms with Gasteiger partial charge in [0.15, 0.2) is 5.13 Å². The van der Waals surface area contributed by atoms with Crippen LogP contribution in [0.15, 0.2) is 24.3 Å². The van der Waals surface area contributed by atoms with Gasteiger partial charge in [0.2, 0.25) is 11.8 Å². The molecule has 0 unspecified atom stereocenters. The smallest absolute Gasteiger partial charge is 0.225 e. The average Bonchev–Trinajstić information content (AvgIpc) is 3.20. The van der Waals surface area contributed by atoms with E-state index in [1.165, 1.54) is 10.4 Å². The number of nitrogens with one attached hydrogen (secondary N) is 1. The van der Waals surface area contributed by atoms with Crippen LogP contribution in [0.5, 0.6) is 0 Å². The Bertz CT molecular complexity index is 947. The molecule has 1 N–H and O–H groups in total. The summed E-state index contributed by atoms with van der Waals surface area (Å²) < 4.78 is 0. The maximum Gasteiger partial charge on any atom is 0.225 e. The molecule has 1 fully saturated rings. The first-order chi connectivity index (χ1) is 14.9. The third-order valence-corrected chi connectivity index (χ3v) is 7.38. The number of hydrogen-bond donors (Lipinski definition) is 1. The zero-order valence-electron chi connectivity index (χ0n) is 18.7. The highest BCUT2D eigenvalue weighted by atomic mass is 32.1. The van der Waals surface area contributed by atoms with Crippen molar-refractivity contribution in [1.29, 1.82) is 0 Å². The topological polar surface area (TPSA) is 65.5 Å². The summed E-state index contributed by atoms with van der Waals surface area (Å²) in [6, 6.07) is 8.26. The normalized spacial score (nSPS) is 18.8. The summed E-state index contributed by atoms with van der Waals surface area (Å²) >= 11 is 1.73. The monoisotopic (exact) mass is 440 g/mol. The first kappa shape index (κ1) is 21.8. The fourth-order valence-electron chi connectivity index (χ4n) is 4.36. The standard InChI is InChI=1S/C24H32N4O2S/c1-16(2)23(30)27-9-11-28(12-10-27)24-26-20-8-7-19(14-21(20)31-24)22(29)25-15-18-6-4-5-17(3)13-18/h4-6,13,16,19H,7-12,14-15H2,1-3H3,(H,25,29)/t19-/m0/s1. The quantitative estimate of drug-likeness (QED) is 0.776. The van der Waals surface area contributed by atoms with Crippen LogP contribution in [0, 0.1) is 18.8 Å². The maximum atomic E-state index is 12.8.